The Hall–Kier alpha value is -1.53. The number of carbonyl (C=O) groups is 1. The minimum absolute atomic E-state index is 0.207. The van der Waals surface area contributed by atoms with Gasteiger partial charge in [-0.15, -0.1) is 0 Å². The molecule has 0 saturated heterocycles. The molecule has 0 fully saturated rings. The maximum absolute atomic E-state index is 12.4. The zero-order valence-electron chi connectivity index (χ0n) is 10.2. The molecule has 0 radical (unpaired) electrons. The molecule has 0 heterocycles. The molecule has 0 spiro atoms. The maximum atomic E-state index is 12.4. The van der Waals surface area contributed by atoms with Gasteiger partial charge in [0.1, 0.15) is 0 Å². The van der Waals surface area contributed by atoms with Crippen LogP contribution in [0.1, 0.15) is 21.5 Å². The van der Waals surface area contributed by atoms with E-state index >= 15 is 0 Å². The molecule has 0 N–H and O–H groups in total. The van der Waals surface area contributed by atoms with Crippen LogP contribution in [0.3, 0.4) is 0 Å². The lowest BCUT2D eigenvalue weighted by atomic mass is 9.99. The Morgan fingerprint density at radius 1 is 1.20 bits per heavy atom. The van der Waals surface area contributed by atoms with Gasteiger partial charge in [0.25, 0.3) is 0 Å². The molecule has 1 atom stereocenters. The molecule has 0 amide bonds. The zero-order valence-corrected chi connectivity index (χ0v) is 11.8. The van der Waals surface area contributed by atoms with Crippen LogP contribution in [-0.4, -0.2) is 14.5 Å². The van der Waals surface area contributed by atoms with Gasteiger partial charge in [-0.05, 0) is 17.7 Å². The Balaban J connectivity index is 2.36. The Kier molecular flexibility index (Phi) is 5.03. The Labute approximate surface area is 123 Å². The molecular formula is C14H10ClO4S-. The van der Waals surface area contributed by atoms with E-state index in [0.717, 1.165) is 0 Å². The largest absolute Gasteiger partial charge is 0.750 e. The molecule has 0 aliphatic carbocycles. The third kappa shape index (κ3) is 3.74. The number of benzene rings is 2. The molecule has 0 saturated carbocycles. The number of ketones is 1. The molecule has 2 aromatic rings. The van der Waals surface area contributed by atoms with Gasteiger partial charge in [-0.1, -0.05) is 48.0 Å². The van der Waals surface area contributed by atoms with Gasteiger partial charge >= 0.3 is 0 Å². The molecule has 0 aliphatic rings. The summed E-state index contributed by atoms with van der Waals surface area (Å²) < 4.78 is 25.4. The van der Waals surface area contributed by atoms with Crippen molar-refractivity contribution in [2.75, 3.05) is 0 Å². The minimum atomic E-state index is -2.63. The highest BCUT2D eigenvalue weighted by Gasteiger charge is 2.14. The van der Waals surface area contributed by atoms with Crippen LogP contribution in [0.5, 0.6) is 0 Å². The third-order valence-electron chi connectivity index (χ3n) is 2.66. The molecule has 1 unspecified atom stereocenters. The highest BCUT2D eigenvalue weighted by Crippen LogP contribution is 2.20. The fourth-order valence-corrected chi connectivity index (χ4v) is 2.14. The fourth-order valence-electron chi connectivity index (χ4n) is 1.74. The van der Waals surface area contributed by atoms with Crippen molar-refractivity contribution in [2.24, 2.45) is 0 Å². The number of hydrogen-bond acceptors (Lipinski definition) is 4. The Morgan fingerprint density at radius 3 is 2.55 bits per heavy atom. The number of carbonyl (C=O) groups excluding carboxylic acids is 1. The summed E-state index contributed by atoms with van der Waals surface area (Å²) in [6, 6.07) is 13.3. The van der Waals surface area contributed by atoms with Crippen LogP contribution in [0.4, 0.5) is 0 Å². The number of halogens is 1. The fraction of sp³-hybridized carbons (Fsp3) is 0.0714. The summed E-state index contributed by atoms with van der Waals surface area (Å²) in [4.78, 5) is 12.4. The average Bonchev–Trinajstić information content (AvgIpc) is 2.46. The van der Waals surface area contributed by atoms with E-state index in [1.807, 2.05) is 0 Å². The zero-order chi connectivity index (χ0) is 14.5. The van der Waals surface area contributed by atoms with Crippen molar-refractivity contribution >= 4 is 28.7 Å². The number of rotatable bonds is 5. The van der Waals surface area contributed by atoms with E-state index in [9.17, 15) is 13.6 Å². The first-order valence-corrected chi connectivity index (χ1v) is 7.06. The SMILES string of the molecule is O=C(c1ccccc1)c1cc(Cl)ccc1COS(=O)[O-]. The van der Waals surface area contributed by atoms with E-state index < -0.39 is 11.4 Å². The van der Waals surface area contributed by atoms with Crippen LogP contribution in [0, 0.1) is 0 Å². The second kappa shape index (κ2) is 6.76. The van der Waals surface area contributed by atoms with Crippen molar-refractivity contribution in [3.05, 3.63) is 70.2 Å². The van der Waals surface area contributed by atoms with Gasteiger partial charge in [0, 0.05) is 16.1 Å². The summed E-state index contributed by atoms with van der Waals surface area (Å²) in [5.74, 6) is -0.233. The van der Waals surface area contributed by atoms with Crippen LogP contribution in [-0.2, 0) is 22.2 Å². The summed E-state index contributed by atoms with van der Waals surface area (Å²) in [6.45, 7) is -0.207. The van der Waals surface area contributed by atoms with Crippen molar-refractivity contribution in [1.29, 1.82) is 0 Å². The topological polar surface area (TPSA) is 66.4 Å². The standard InChI is InChI=1S/C14H11ClO4S/c15-12-7-6-11(9-19-20(17)18)13(8-12)14(16)10-4-2-1-3-5-10/h1-8H,9H2,(H,17,18)/p-1. The van der Waals surface area contributed by atoms with E-state index in [1.165, 1.54) is 6.07 Å². The normalized spacial score (nSPS) is 12.1. The van der Waals surface area contributed by atoms with Crippen LogP contribution in [0.2, 0.25) is 5.02 Å². The predicted octanol–water partition coefficient (Wildman–Crippen LogP) is 2.88. The molecular weight excluding hydrogens is 300 g/mol. The van der Waals surface area contributed by atoms with Gasteiger partial charge in [-0.2, -0.15) is 0 Å². The lowest BCUT2D eigenvalue weighted by Crippen LogP contribution is -2.07. The first kappa shape index (κ1) is 14.9. The van der Waals surface area contributed by atoms with Gasteiger partial charge in [0.2, 0.25) is 0 Å². The molecule has 2 rings (SSSR count). The van der Waals surface area contributed by atoms with E-state index in [4.69, 9.17) is 11.6 Å². The molecule has 0 aromatic heterocycles. The lowest BCUT2D eigenvalue weighted by Gasteiger charge is -2.11. The first-order valence-electron chi connectivity index (χ1n) is 5.68. The summed E-state index contributed by atoms with van der Waals surface area (Å²) in [7, 11) is 0. The quantitative estimate of drug-likeness (QED) is 0.629. The smallest absolute Gasteiger partial charge is 0.193 e. The summed E-state index contributed by atoms with van der Waals surface area (Å²) in [6.07, 6.45) is 0. The van der Waals surface area contributed by atoms with Crippen molar-refractivity contribution in [3.63, 3.8) is 0 Å². The molecule has 104 valence electrons. The maximum Gasteiger partial charge on any atom is 0.193 e. The molecule has 2 aromatic carbocycles. The summed E-state index contributed by atoms with van der Waals surface area (Å²) >= 11 is 3.26. The van der Waals surface area contributed by atoms with Gasteiger partial charge < -0.3 is 4.55 Å². The molecule has 4 nitrogen and oxygen atoms in total. The monoisotopic (exact) mass is 309 g/mol. The molecule has 20 heavy (non-hydrogen) atoms. The lowest BCUT2D eigenvalue weighted by molar-refractivity contribution is 0.103. The van der Waals surface area contributed by atoms with E-state index in [-0.39, 0.29) is 12.4 Å². The van der Waals surface area contributed by atoms with Gasteiger partial charge in [-0.3, -0.25) is 8.98 Å². The second-order valence-corrected chi connectivity index (χ2v) is 5.04. The Morgan fingerprint density at radius 2 is 1.90 bits per heavy atom. The number of hydrogen-bond donors (Lipinski definition) is 0. The third-order valence-corrected chi connectivity index (χ3v) is 3.21. The van der Waals surface area contributed by atoms with Crippen molar-refractivity contribution in [1.82, 2.24) is 0 Å². The van der Waals surface area contributed by atoms with Gasteiger partial charge in [-0.25, -0.2) is 4.21 Å². The highest BCUT2D eigenvalue weighted by atomic mass is 35.5. The Bertz CT molecular complexity index is 643. The van der Waals surface area contributed by atoms with Crippen molar-refractivity contribution in [3.8, 4) is 0 Å². The molecule has 6 heteroatoms. The van der Waals surface area contributed by atoms with Crippen LogP contribution < -0.4 is 0 Å². The van der Waals surface area contributed by atoms with Crippen LogP contribution >= 0.6 is 11.6 Å². The summed E-state index contributed by atoms with van der Waals surface area (Å²) in [5.41, 5.74) is 1.29. The van der Waals surface area contributed by atoms with Gasteiger partial charge in [0.15, 0.2) is 5.78 Å². The van der Waals surface area contributed by atoms with E-state index in [0.29, 0.717) is 21.7 Å². The van der Waals surface area contributed by atoms with Crippen LogP contribution in [0.25, 0.3) is 0 Å². The van der Waals surface area contributed by atoms with Gasteiger partial charge in [0.05, 0.1) is 18.0 Å². The van der Waals surface area contributed by atoms with E-state index in [1.54, 1.807) is 42.5 Å². The minimum Gasteiger partial charge on any atom is -0.750 e. The summed E-state index contributed by atoms with van der Waals surface area (Å²) in [5, 5.41) is 0.399. The average molecular weight is 310 g/mol. The highest BCUT2D eigenvalue weighted by molar-refractivity contribution is 7.74. The molecule has 0 aliphatic heterocycles. The second-order valence-electron chi connectivity index (χ2n) is 3.96. The van der Waals surface area contributed by atoms with E-state index in [2.05, 4.69) is 4.18 Å². The molecule has 0 bridgehead atoms. The predicted molar refractivity (Wildman–Crippen MR) is 75.0 cm³/mol. The van der Waals surface area contributed by atoms with Crippen molar-refractivity contribution < 1.29 is 17.7 Å². The first-order chi connectivity index (χ1) is 9.58. The van der Waals surface area contributed by atoms with Crippen LogP contribution in [0.15, 0.2) is 48.5 Å². The van der Waals surface area contributed by atoms with Crippen molar-refractivity contribution in [2.45, 2.75) is 6.61 Å².